The zero-order valence-corrected chi connectivity index (χ0v) is 15.6. The number of aliphatic hydroxyl groups excluding tert-OH is 4. The van der Waals surface area contributed by atoms with Gasteiger partial charge in [0.1, 0.15) is 35.9 Å². The summed E-state index contributed by atoms with van der Waals surface area (Å²) in [6.45, 7) is -0.624. The molecule has 2 aromatic carbocycles. The lowest BCUT2D eigenvalue weighted by Crippen LogP contribution is -2.59. The first kappa shape index (κ1) is 21.8. The van der Waals surface area contributed by atoms with Crippen LogP contribution in [0, 0.1) is 0 Å². The van der Waals surface area contributed by atoms with Crippen molar-refractivity contribution >= 4 is 12.2 Å². The van der Waals surface area contributed by atoms with Gasteiger partial charge in [-0.05, 0) is 35.4 Å². The van der Waals surface area contributed by atoms with Gasteiger partial charge in [-0.2, -0.15) is 4.89 Å². The molecule has 1 aliphatic heterocycles. The largest absolute Gasteiger partial charge is 0.508 e. The van der Waals surface area contributed by atoms with Crippen molar-refractivity contribution in [2.75, 3.05) is 6.61 Å². The predicted molar refractivity (Wildman–Crippen MR) is 102 cm³/mol. The van der Waals surface area contributed by atoms with Crippen molar-refractivity contribution in [1.29, 1.82) is 0 Å². The third kappa shape index (κ3) is 5.00. The van der Waals surface area contributed by atoms with E-state index in [-0.39, 0.29) is 23.0 Å². The third-order valence-corrected chi connectivity index (χ3v) is 4.46. The Labute approximate surface area is 171 Å². The van der Waals surface area contributed by atoms with Crippen LogP contribution in [0.5, 0.6) is 23.0 Å². The lowest BCUT2D eigenvalue weighted by molar-refractivity contribution is -0.387. The Kier molecular flexibility index (Phi) is 6.77. The summed E-state index contributed by atoms with van der Waals surface area (Å²) >= 11 is 0. The number of phenolic OH excluding ortho intramolecular Hbond substituents is 3. The summed E-state index contributed by atoms with van der Waals surface area (Å²) in [5.74, 6) is -0.616. The minimum Gasteiger partial charge on any atom is -0.508 e. The smallest absolute Gasteiger partial charge is 0.232 e. The van der Waals surface area contributed by atoms with Crippen LogP contribution in [0.1, 0.15) is 11.1 Å². The Morgan fingerprint density at radius 1 is 0.833 bits per heavy atom. The molecule has 3 rings (SSSR count). The van der Waals surface area contributed by atoms with Gasteiger partial charge in [0.15, 0.2) is 5.75 Å². The molecular formula is C20H22O10. The zero-order chi connectivity index (χ0) is 21.8. The summed E-state index contributed by atoms with van der Waals surface area (Å²) in [4.78, 5) is 9.99. The molecule has 0 bridgehead atoms. The third-order valence-electron chi connectivity index (χ3n) is 4.46. The molecule has 162 valence electrons. The minimum atomic E-state index is -1.66. The van der Waals surface area contributed by atoms with Gasteiger partial charge in [-0.15, -0.1) is 0 Å². The average molecular weight is 422 g/mol. The van der Waals surface area contributed by atoms with E-state index in [2.05, 4.69) is 0 Å². The molecule has 0 amide bonds. The molecule has 0 saturated carbocycles. The van der Waals surface area contributed by atoms with Gasteiger partial charge >= 0.3 is 0 Å². The first-order valence-electron chi connectivity index (χ1n) is 8.96. The molecule has 1 heterocycles. The number of aromatic hydroxyl groups is 3. The van der Waals surface area contributed by atoms with E-state index >= 15 is 0 Å². The van der Waals surface area contributed by atoms with Crippen LogP contribution in [-0.4, -0.2) is 73.1 Å². The molecule has 5 atom stereocenters. The van der Waals surface area contributed by atoms with Gasteiger partial charge in [0.25, 0.3) is 0 Å². The molecule has 0 radical (unpaired) electrons. The Balaban J connectivity index is 1.70. The summed E-state index contributed by atoms with van der Waals surface area (Å²) < 4.78 is 5.15. The highest BCUT2D eigenvalue weighted by atomic mass is 17.2. The van der Waals surface area contributed by atoms with Crippen LogP contribution >= 0.6 is 0 Å². The van der Waals surface area contributed by atoms with E-state index < -0.39 is 37.3 Å². The highest BCUT2D eigenvalue weighted by Gasteiger charge is 2.45. The molecule has 10 nitrogen and oxygen atoms in total. The van der Waals surface area contributed by atoms with Crippen LogP contribution in [0.3, 0.4) is 0 Å². The minimum absolute atomic E-state index is 0.0997. The molecule has 0 aromatic heterocycles. The summed E-state index contributed by atoms with van der Waals surface area (Å²) in [6.07, 6.45) is -4.31. The Hall–Kier alpha value is -2.86. The number of rotatable bonds is 6. The average Bonchev–Trinajstić information content (AvgIpc) is 2.71. The van der Waals surface area contributed by atoms with Gasteiger partial charge in [0.2, 0.25) is 12.0 Å². The maximum Gasteiger partial charge on any atom is 0.232 e. The molecule has 10 heteroatoms. The van der Waals surface area contributed by atoms with Crippen molar-refractivity contribution in [2.45, 2.75) is 30.7 Å². The van der Waals surface area contributed by atoms with E-state index in [4.69, 9.17) is 14.5 Å². The maximum absolute atomic E-state index is 9.95. The molecule has 1 fully saturated rings. The number of aliphatic hydroxyl groups is 4. The van der Waals surface area contributed by atoms with Crippen molar-refractivity contribution in [3.8, 4) is 23.0 Å². The number of ether oxygens (including phenoxy) is 1. The van der Waals surface area contributed by atoms with Crippen LogP contribution in [0.2, 0.25) is 0 Å². The van der Waals surface area contributed by atoms with Crippen molar-refractivity contribution in [2.24, 2.45) is 0 Å². The van der Waals surface area contributed by atoms with Gasteiger partial charge in [-0.1, -0.05) is 18.2 Å². The van der Waals surface area contributed by atoms with E-state index in [1.807, 2.05) is 0 Å². The molecule has 1 saturated heterocycles. The highest BCUT2D eigenvalue weighted by molar-refractivity contribution is 5.72. The van der Waals surface area contributed by atoms with Gasteiger partial charge in [-0.25, -0.2) is 0 Å². The van der Waals surface area contributed by atoms with Crippen molar-refractivity contribution in [3.63, 3.8) is 0 Å². The monoisotopic (exact) mass is 422 g/mol. The van der Waals surface area contributed by atoms with Crippen molar-refractivity contribution in [1.82, 2.24) is 0 Å². The second kappa shape index (κ2) is 9.30. The van der Waals surface area contributed by atoms with E-state index in [0.717, 1.165) is 0 Å². The Morgan fingerprint density at radius 3 is 2.17 bits per heavy atom. The van der Waals surface area contributed by atoms with E-state index in [9.17, 15) is 35.7 Å². The molecule has 1 aliphatic rings. The van der Waals surface area contributed by atoms with Crippen LogP contribution in [0.15, 0.2) is 36.4 Å². The molecule has 30 heavy (non-hydrogen) atoms. The molecular weight excluding hydrogens is 400 g/mol. The fourth-order valence-corrected chi connectivity index (χ4v) is 2.85. The zero-order valence-electron chi connectivity index (χ0n) is 15.6. The van der Waals surface area contributed by atoms with Crippen LogP contribution < -0.4 is 4.89 Å². The number of hydrogen-bond donors (Lipinski definition) is 7. The number of benzene rings is 2. The summed E-state index contributed by atoms with van der Waals surface area (Å²) in [6, 6.07) is 8.37. The molecule has 2 aromatic rings. The van der Waals surface area contributed by atoms with E-state index in [1.54, 1.807) is 18.2 Å². The molecule has 0 unspecified atom stereocenters. The summed E-state index contributed by atoms with van der Waals surface area (Å²) in [5, 5.41) is 67.6. The highest BCUT2D eigenvalue weighted by Crippen LogP contribution is 2.30. The van der Waals surface area contributed by atoms with Crippen molar-refractivity contribution in [3.05, 3.63) is 47.5 Å². The first-order valence-corrected chi connectivity index (χ1v) is 8.96. The topological polar surface area (TPSA) is 169 Å². The molecule has 0 spiro atoms. The Morgan fingerprint density at radius 2 is 1.50 bits per heavy atom. The SMILES string of the molecule is OC[C@H]1O[C@@H](OOc2cc(C=Cc3cc(O)cc(O)c3)ccc2O)[C@H](O)[C@@H](O)[C@@H]1O. The normalized spacial score (nSPS) is 26.7. The lowest BCUT2D eigenvalue weighted by atomic mass is 9.99. The van der Waals surface area contributed by atoms with Gasteiger partial charge in [0.05, 0.1) is 6.61 Å². The van der Waals surface area contributed by atoms with E-state index in [1.165, 1.54) is 30.3 Å². The fraction of sp³-hybridized carbons (Fsp3) is 0.300. The first-order chi connectivity index (χ1) is 14.3. The summed E-state index contributed by atoms with van der Waals surface area (Å²) in [5.41, 5.74) is 1.09. The van der Waals surface area contributed by atoms with Crippen LogP contribution in [0.25, 0.3) is 12.2 Å². The fourth-order valence-electron chi connectivity index (χ4n) is 2.85. The van der Waals surface area contributed by atoms with E-state index in [0.29, 0.717) is 11.1 Å². The van der Waals surface area contributed by atoms with Crippen LogP contribution in [-0.2, 0) is 9.62 Å². The predicted octanol–water partition coefficient (Wildman–Crippen LogP) is 0.0841. The second-order valence-corrected chi connectivity index (χ2v) is 6.72. The number of phenols is 3. The Bertz CT molecular complexity index is 877. The van der Waals surface area contributed by atoms with Crippen LogP contribution in [0.4, 0.5) is 0 Å². The summed E-state index contributed by atoms with van der Waals surface area (Å²) in [7, 11) is 0. The maximum atomic E-state index is 9.95. The number of hydrogen-bond acceptors (Lipinski definition) is 10. The quantitative estimate of drug-likeness (QED) is 0.192. The molecule has 0 aliphatic carbocycles. The van der Waals surface area contributed by atoms with Gasteiger partial charge < -0.3 is 45.4 Å². The lowest BCUT2D eigenvalue weighted by Gasteiger charge is -2.38. The standard InChI is InChI=1S/C20H22O10/c21-9-16-17(25)18(26)19(27)20(28-16)30-29-15-7-10(3-4-14(15)24)1-2-11-5-12(22)8-13(23)6-11/h1-8,16-27H,9H2/t16-,17-,18+,19-,20+/m1/s1. The van der Waals surface area contributed by atoms with Gasteiger partial charge in [0, 0.05) is 6.07 Å². The van der Waals surface area contributed by atoms with Gasteiger partial charge in [-0.3, -0.25) is 0 Å². The molecule has 7 N–H and O–H groups in total. The van der Waals surface area contributed by atoms with Crippen molar-refractivity contribution < 1.29 is 50.3 Å². The second-order valence-electron chi connectivity index (χ2n) is 6.72.